The summed E-state index contributed by atoms with van der Waals surface area (Å²) in [5.74, 6) is -1.72. The predicted octanol–water partition coefficient (Wildman–Crippen LogP) is 3.27. The van der Waals surface area contributed by atoms with E-state index in [0.29, 0.717) is 44.2 Å². The highest BCUT2D eigenvalue weighted by Crippen LogP contribution is 2.35. The average Bonchev–Trinajstić information content (AvgIpc) is 3.35. The molecule has 0 radical (unpaired) electrons. The lowest BCUT2D eigenvalue weighted by Gasteiger charge is -2.30. The van der Waals surface area contributed by atoms with Crippen LogP contribution in [-0.2, 0) is 4.79 Å². The van der Waals surface area contributed by atoms with E-state index in [4.69, 9.17) is 9.26 Å². The number of benzene rings is 1. The summed E-state index contributed by atoms with van der Waals surface area (Å²) < 4.78 is 37.1. The number of alkyl halides is 2. The molecule has 4 rings (SSSR count). The molecule has 1 saturated heterocycles. The van der Waals surface area contributed by atoms with E-state index >= 15 is 0 Å². The van der Waals surface area contributed by atoms with Crippen LogP contribution in [0.2, 0.25) is 0 Å². The molecule has 156 valence electrons. The Balaban J connectivity index is 1.30. The van der Waals surface area contributed by atoms with E-state index in [2.05, 4.69) is 15.5 Å². The van der Waals surface area contributed by atoms with Crippen molar-refractivity contribution >= 4 is 11.9 Å². The minimum Gasteiger partial charge on any atom is -0.497 e. The maximum Gasteiger partial charge on any atom is 0.324 e. The third-order valence-corrected chi connectivity index (χ3v) is 5.65. The van der Waals surface area contributed by atoms with Gasteiger partial charge in [0.25, 0.3) is 0 Å². The first-order chi connectivity index (χ1) is 13.9. The van der Waals surface area contributed by atoms with Crippen LogP contribution in [0.1, 0.15) is 32.1 Å². The van der Waals surface area contributed by atoms with Crippen molar-refractivity contribution in [2.75, 3.05) is 25.1 Å². The molecule has 2 aromatic rings. The van der Waals surface area contributed by atoms with Gasteiger partial charge in [-0.25, -0.2) is 8.78 Å². The third kappa shape index (κ3) is 4.49. The standard InChI is InChI=1S/C20H24F2N4O3/c1-28-16-4-2-13(3-5-16)17-24-19(29-25-17)26-10-7-14(8-11-26)18(27)23-15-6-9-20(21,22)12-15/h2-5,14-15H,6-12H2,1H3,(H,23,27). The van der Waals surface area contributed by atoms with Crippen molar-refractivity contribution in [3.8, 4) is 17.1 Å². The van der Waals surface area contributed by atoms with E-state index in [1.807, 2.05) is 29.2 Å². The van der Waals surface area contributed by atoms with Gasteiger partial charge in [-0.3, -0.25) is 4.79 Å². The second-order valence-electron chi connectivity index (χ2n) is 7.69. The van der Waals surface area contributed by atoms with Gasteiger partial charge < -0.3 is 19.5 Å². The van der Waals surface area contributed by atoms with Crippen LogP contribution in [0.3, 0.4) is 0 Å². The quantitative estimate of drug-likeness (QED) is 0.821. The third-order valence-electron chi connectivity index (χ3n) is 5.65. The zero-order valence-electron chi connectivity index (χ0n) is 16.2. The lowest BCUT2D eigenvalue weighted by Crippen LogP contribution is -2.43. The number of aromatic nitrogens is 2. The maximum absolute atomic E-state index is 13.3. The van der Waals surface area contributed by atoms with Crippen LogP contribution in [0.15, 0.2) is 28.8 Å². The Morgan fingerprint density at radius 3 is 2.59 bits per heavy atom. The molecule has 0 bridgehead atoms. The topological polar surface area (TPSA) is 80.5 Å². The molecule has 1 aliphatic carbocycles. The Labute approximate surface area is 167 Å². The fourth-order valence-electron chi connectivity index (χ4n) is 3.93. The summed E-state index contributed by atoms with van der Waals surface area (Å²) in [6.07, 6.45) is 1.18. The molecule has 1 amide bonds. The number of nitrogens with zero attached hydrogens (tertiary/aromatic N) is 3. The summed E-state index contributed by atoms with van der Waals surface area (Å²) in [6.45, 7) is 1.20. The van der Waals surface area contributed by atoms with Crippen LogP contribution in [0.4, 0.5) is 14.8 Å². The summed E-state index contributed by atoms with van der Waals surface area (Å²) in [5.41, 5.74) is 0.823. The number of halogens is 2. The van der Waals surface area contributed by atoms with Crippen molar-refractivity contribution in [3.63, 3.8) is 0 Å². The van der Waals surface area contributed by atoms with Crippen molar-refractivity contribution < 1.29 is 22.8 Å². The van der Waals surface area contributed by atoms with Gasteiger partial charge in [-0.15, -0.1) is 0 Å². The molecule has 2 aliphatic rings. The maximum atomic E-state index is 13.3. The van der Waals surface area contributed by atoms with Gasteiger partial charge >= 0.3 is 6.01 Å². The monoisotopic (exact) mass is 406 g/mol. The van der Waals surface area contributed by atoms with Gasteiger partial charge in [0.15, 0.2) is 0 Å². The number of amides is 1. The molecule has 1 atom stereocenters. The van der Waals surface area contributed by atoms with Gasteiger partial charge in [0.1, 0.15) is 5.75 Å². The number of hydrogen-bond acceptors (Lipinski definition) is 6. The van der Waals surface area contributed by atoms with Crippen LogP contribution >= 0.6 is 0 Å². The minimum absolute atomic E-state index is 0.128. The van der Waals surface area contributed by atoms with E-state index in [-0.39, 0.29) is 24.7 Å². The fourth-order valence-corrected chi connectivity index (χ4v) is 3.93. The number of rotatable bonds is 5. The molecule has 1 saturated carbocycles. The van der Waals surface area contributed by atoms with E-state index in [1.165, 1.54) is 0 Å². The fraction of sp³-hybridized carbons (Fsp3) is 0.550. The summed E-state index contributed by atoms with van der Waals surface area (Å²) in [5, 5.41) is 6.83. The van der Waals surface area contributed by atoms with Crippen molar-refractivity contribution in [2.45, 2.75) is 44.1 Å². The predicted molar refractivity (Wildman–Crippen MR) is 102 cm³/mol. The molecule has 29 heavy (non-hydrogen) atoms. The Bertz CT molecular complexity index is 848. The van der Waals surface area contributed by atoms with Gasteiger partial charge in [0.2, 0.25) is 17.7 Å². The molecule has 2 heterocycles. The van der Waals surface area contributed by atoms with Crippen molar-refractivity contribution in [2.24, 2.45) is 5.92 Å². The smallest absolute Gasteiger partial charge is 0.324 e. The van der Waals surface area contributed by atoms with Gasteiger partial charge in [-0.2, -0.15) is 4.98 Å². The van der Waals surface area contributed by atoms with Crippen LogP contribution in [0, 0.1) is 5.92 Å². The van der Waals surface area contributed by atoms with E-state index in [9.17, 15) is 13.6 Å². The summed E-state index contributed by atoms with van der Waals surface area (Å²) in [6, 6.07) is 7.38. The molecule has 1 aromatic heterocycles. The summed E-state index contributed by atoms with van der Waals surface area (Å²) in [4.78, 5) is 18.8. The first kappa shape index (κ1) is 19.6. The van der Waals surface area contributed by atoms with Crippen molar-refractivity contribution in [3.05, 3.63) is 24.3 Å². The molecule has 0 spiro atoms. The number of anilines is 1. The Kier molecular flexibility index (Phi) is 5.38. The Morgan fingerprint density at radius 2 is 1.97 bits per heavy atom. The first-order valence-corrected chi connectivity index (χ1v) is 9.85. The average molecular weight is 406 g/mol. The van der Waals surface area contributed by atoms with Crippen LogP contribution in [-0.4, -0.2) is 48.2 Å². The lowest BCUT2D eigenvalue weighted by molar-refractivity contribution is -0.126. The number of hydrogen-bond donors (Lipinski definition) is 1. The van der Waals surface area contributed by atoms with E-state index in [1.54, 1.807) is 7.11 Å². The van der Waals surface area contributed by atoms with Gasteiger partial charge in [-0.05, 0) is 43.5 Å². The minimum atomic E-state index is -2.65. The summed E-state index contributed by atoms with van der Waals surface area (Å²) in [7, 11) is 1.61. The highest BCUT2D eigenvalue weighted by molar-refractivity contribution is 5.79. The number of carbonyl (C=O) groups excluding carboxylic acids is 1. The highest BCUT2D eigenvalue weighted by atomic mass is 19.3. The Morgan fingerprint density at radius 1 is 1.24 bits per heavy atom. The number of carbonyl (C=O) groups is 1. The molecule has 9 heteroatoms. The molecule has 7 nitrogen and oxygen atoms in total. The summed E-state index contributed by atoms with van der Waals surface area (Å²) >= 11 is 0. The molecular weight excluding hydrogens is 382 g/mol. The Hall–Kier alpha value is -2.71. The normalized spacial score (nSPS) is 21.9. The first-order valence-electron chi connectivity index (χ1n) is 9.85. The molecule has 1 aromatic carbocycles. The SMILES string of the molecule is COc1ccc(-c2noc(N3CCC(C(=O)NC4CCC(F)(F)C4)CC3)n2)cc1. The van der Waals surface area contributed by atoms with Gasteiger partial charge in [-0.1, -0.05) is 5.16 Å². The number of nitrogens with one attached hydrogen (secondary N) is 1. The van der Waals surface area contributed by atoms with E-state index < -0.39 is 12.0 Å². The van der Waals surface area contributed by atoms with E-state index in [0.717, 1.165) is 11.3 Å². The molecule has 2 fully saturated rings. The number of ether oxygens (including phenoxy) is 1. The number of methoxy groups -OCH3 is 1. The van der Waals surface area contributed by atoms with Crippen molar-refractivity contribution in [1.82, 2.24) is 15.5 Å². The van der Waals surface area contributed by atoms with Crippen LogP contribution < -0.4 is 15.0 Å². The second kappa shape index (κ2) is 7.96. The zero-order valence-corrected chi connectivity index (χ0v) is 16.2. The largest absolute Gasteiger partial charge is 0.497 e. The van der Waals surface area contributed by atoms with Gasteiger partial charge in [0, 0.05) is 43.5 Å². The molecule has 1 unspecified atom stereocenters. The second-order valence-corrected chi connectivity index (χ2v) is 7.69. The van der Waals surface area contributed by atoms with Crippen molar-refractivity contribution in [1.29, 1.82) is 0 Å². The highest BCUT2D eigenvalue weighted by Gasteiger charge is 2.40. The molecule has 1 aliphatic heterocycles. The molecule has 1 N–H and O–H groups in total. The zero-order chi connectivity index (χ0) is 20.4. The van der Waals surface area contributed by atoms with Crippen LogP contribution in [0.25, 0.3) is 11.4 Å². The lowest BCUT2D eigenvalue weighted by atomic mass is 9.95. The van der Waals surface area contributed by atoms with Gasteiger partial charge in [0.05, 0.1) is 7.11 Å². The van der Waals surface area contributed by atoms with Crippen LogP contribution in [0.5, 0.6) is 5.75 Å². The molecular formula is C20H24F2N4O3. The number of piperidine rings is 1.